The second-order valence-electron chi connectivity index (χ2n) is 4.67. The normalized spacial score (nSPS) is 11.0. The minimum Gasteiger partial charge on any atom is -0.465 e. The summed E-state index contributed by atoms with van der Waals surface area (Å²) in [7, 11) is 1.14. The van der Waals surface area contributed by atoms with Gasteiger partial charge in [0.25, 0.3) is 0 Å². The number of ether oxygens (including phenoxy) is 3. The maximum Gasteiger partial charge on any atom is 0.573 e. The van der Waals surface area contributed by atoms with E-state index in [1.54, 1.807) is 0 Å². The van der Waals surface area contributed by atoms with Crippen LogP contribution in [0.4, 0.5) is 18.9 Å². The van der Waals surface area contributed by atoms with Crippen molar-refractivity contribution in [2.75, 3.05) is 7.11 Å². The Morgan fingerprint density at radius 2 is 1.81 bits per heavy atom. The Hall–Kier alpha value is -2.82. The van der Waals surface area contributed by atoms with Crippen molar-refractivity contribution in [1.29, 1.82) is 0 Å². The Morgan fingerprint density at radius 1 is 1.15 bits per heavy atom. The highest BCUT2D eigenvalue weighted by molar-refractivity contribution is 9.10. The number of hydrogen-bond donors (Lipinski definition) is 0. The van der Waals surface area contributed by atoms with Gasteiger partial charge in [-0.25, -0.2) is 4.79 Å². The van der Waals surface area contributed by atoms with Gasteiger partial charge in [0.2, 0.25) is 5.75 Å². The molecule has 0 aromatic heterocycles. The van der Waals surface area contributed by atoms with Crippen molar-refractivity contribution in [3.63, 3.8) is 0 Å². The zero-order chi connectivity index (χ0) is 19.5. The summed E-state index contributed by atoms with van der Waals surface area (Å²) in [5, 5.41) is 11.1. The maximum atomic E-state index is 12.3. The number of esters is 1. The molecule has 0 saturated heterocycles. The van der Waals surface area contributed by atoms with E-state index in [1.165, 1.54) is 18.2 Å². The van der Waals surface area contributed by atoms with E-state index >= 15 is 0 Å². The van der Waals surface area contributed by atoms with Crippen LogP contribution in [-0.2, 0) is 4.74 Å². The SMILES string of the molecule is COC(=O)c1cc(Br)ccc1Oc1ccc(OC(F)(F)F)cc1[N+](=O)[O-]. The van der Waals surface area contributed by atoms with Crippen molar-refractivity contribution < 1.29 is 37.1 Å². The van der Waals surface area contributed by atoms with E-state index in [9.17, 15) is 28.1 Å². The number of hydrogen-bond acceptors (Lipinski definition) is 6. The van der Waals surface area contributed by atoms with Gasteiger partial charge in [0, 0.05) is 4.47 Å². The molecule has 0 unspecified atom stereocenters. The van der Waals surface area contributed by atoms with Crippen LogP contribution in [0.1, 0.15) is 10.4 Å². The van der Waals surface area contributed by atoms with Gasteiger partial charge in [-0.3, -0.25) is 10.1 Å². The molecule has 26 heavy (non-hydrogen) atoms. The van der Waals surface area contributed by atoms with Gasteiger partial charge >= 0.3 is 18.0 Å². The van der Waals surface area contributed by atoms with E-state index in [-0.39, 0.29) is 17.1 Å². The van der Waals surface area contributed by atoms with Crippen molar-refractivity contribution >= 4 is 27.6 Å². The van der Waals surface area contributed by atoms with Crippen LogP contribution in [0.3, 0.4) is 0 Å². The number of methoxy groups -OCH3 is 1. The van der Waals surface area contributed by atoms with Crippen molar-refractivity contribution in [1.82, 2.24) is 0 Å². The number of nitro benzene ring substituents is 1. The molecule has 0 saturated carbocycles. The molecule has 2 aromatic rings. The van der Waals surface area contributed by atoms with Gasteiger partial charge in [-0.15, -0.1) is 13.2 Å². The fourth-order valence-electron chi connectivity index (χ4n) is 1.90. The average Bonchev–Trinajstić information content (AvgIpc) is 2.55. The maximum absolute atomic E-state index is 12.3. The van der Waals surface area contributed by atoms with E-state index in [2.05, 4.69) is 25.4 Å². The van der Waals surface area contributed by atoms with Gasteiger partial charge in [0.05, 0.1) is 18.1 Å². The molecule has 0 aliphatic rings. The van der Waals surface area contributed by atoms with Crippen LogP contribution in [0.5, 0.6) is 17.2 Å². The lowest BCUT2D eigenvalue weighted by Crippen LogP contribution is -2.17. The lowest BCUT2D eigenvalue weighted by atomic mass is 10.2. The molecule has 11 heteroatoms. The van der Waals surface area contributed by atoms with Gasteiger partial charge in [-0.1, -0.05) is 15.9 Å². The number of alkyl halides is 3. The van der Waals surface area contributed by atoms with Crippen LogP contribution in [0, 0.1) is 10.1 Å². The summed E-state index contributed by atoms with van der Waals surface area (Å²) in [6.45, 7) is 0. The van der Waals surface area contributed by atoms with Crippen molar-refractivity contribution in [2.24, 2.45) is 0 Å². The molecule has 0 radical (unpaired) electrons. The number of nitrogens with zero attached hydrogens (tertiary/aromatic N) is 1. The number of benzene rings is 2. The van der Waals surface area contributed by atoms with Crippen molar-refractivity contribution in [3.8, 4) is 17.2 Å². The second kappa shape index (κ2) is 7.60. The lowest BCUT2D eigenvalue weighted by Gasteiger charge is -2.12. The Kier molecular flexibility index (Phi) is 5.70. The zero-order valence-corrected chi connectivity index (χ0v) is 14.5. The van der Waals surface area contributed by atoms with Crippen LogP contribution >= 0.6 is 15.9 Å². The summed E-state index contributed by atoms with van der Waals surface area (Å²) >= 11 is 3.16. The summed E-state index contributed by atoms with van der Waals surface area (Å²) < 4.78 is 50.9. The summed E-state index contributed by atoms with van der Waals surface area (Å²) in [5.74, 6) is -1.99. The molecule has 0 N–H and O–H groups in total. The third-order valence-electron chi connectivity index (χ3n) is 2.93. The second-order valence-corrected chi connectivity index (χ2v) is 5.58. The minimum atomic E-state index is -5.00. The van der Waals surface area contributed by atoms with Crippen molar-refractivity contribution in [3.05, 3.63) is 56.5 Å². The summed E-state index contributed by atoms with van der Waals surface area (Å²) in [6.07, 6.45) is -5.00. The zero-order valence-electron chi connectivity index (χ0n) is 12.9. The Labute approximate surface area is 152 Å². The number of nitro groups is 1. The van der Waals surface area contributed by atoms with Crippen LogP contribution in [0.15, 0.2) is 40.9 Å². The number of rotatable bonds is 5. The quantitative estimate of drug-likeness (QED) is 0.379. The van der Waals surface area contributed by atoms with E-state index < -0.39 is 28.7 Å². The van der Waals surface area contributed by atoms with E-state index in [1.807, 2.05) is 0 Å². The van der Waals surface area contributed by atoms with E-state index in [0.717, 1.165) is 19.2 Å². The van der Waals surface area contributed by atoms with Crippen LogP contribution in [0.25, 0.3) is 0 Å². The topological polar surface area (TPSA) is 87.9 Å². The first-order valence-corrected chi connectivity index (χ1v) is 7.50. The highest BCUT2D eigenvalue weighted by atomic mass is 79.9. The molecule has 138 valence electrons. The molecule has 0 amide bonds. The fourth-order valence-corrected chi connectivity index (χ4v) is 2.26. The van der Waals surface area contributed by atoms with Crippen LogP contribution in [-0.4, -0.2) is 24.4 Å². The molecule has 0 aliphatic heterocycles. The Morgan fingerprint density at radius 3 is 2.38 bits per heavy atom. The molecular weight excluding hydrogens is 427 g/mol. The Bertz CT molecular complexity index is 856. The van der Waals surface area contributed by atoms with E-state index in [4.69, 9.17) is 4.74 Å². The van der Waals surface area contributed by atoms with Crippen LogP contribution in [0.2, 0.25) is 0 Å². The molecule has 0 fully saturated rings. The molecule has 2 aromatic carbocycles. The highest BCUT2D eigenvalue weighted by Crippen LogP contribution is 2.37. The molecule has 0 aliphatic carbocycles. The summed E-state index contributed by atoms with van der Waals surface area (Å²) in [4.78, 5) is 22.0. The smallest absolute Gasteiger partial charge is 0.465 e. The Balaban J connectivity index is 2.44. The predicted octanol–water partition coefficient (Wildman–Crippen LogP) is 4.83. The van der Waals surface area contributed by atoms with Crippen LogP contribution < -0.4 is 9.47 Å². The van der Waals surface area contributed by atoms with E-state index in [0.29, 0.717) is 10.5 Å². The largest absolute Gasteiger partial charge is 0.573 e. The third kappa shape index (κ3) is 4.85. The molecule has 0 atom stereocenters. The first-order valence-electron chi connectivity index (χ1n) is 6.70. The molecule has 2 rings (SSSR count). The van der Waals surface area contributed by atoms with Gasteiger partial charge in [-0.2, -0.15) is 0 Å². The third-order valence-corrected chi connectivity index (χ3v) is 3.42. The number of carbonyl (C=O) groups excluding carboxylic acids is 1. The summed E-state index contributed by atoms with van der Waals surface area (Å²) in [6, 6.07) is 6.58. The molecule has 7 nitrogen and oxygen atoms in total. The molecular formula is C15H9BrF3NO6. The minimum absolute atomic E-state index is 0.0354. The first kappa shape index (κ1) is 19.5. The van der Waals surface area contributed by atoms with Gasteiger partial charge in [0.1, 0.15) is 17.1 Å². The first-order chi connectivity index (χ1) is 12.1. The van der Waals surface area contributed by atoms with Gasteiger partial charge < -0.3 is 14.2 Å². The fraction of sp³-hybridized carbons (Fsp3) is 0.133. The average molecular weight is 436 g/mol. The summed E-state index contributed by atoms with van der Waals surface area (Å²) in [5.41, 5.74) is -0.808. The molecule has 0 heterocycles. The lowest BCUT2D eigenvalue weighted by molar-refractivity contribution is -0.385. The van der Waals surface area contributed by atoms with Gasteiger partial charge in [0.15, 0.2) is 0 Å². The van der Waals surface area contributed by atoms with Crippen molar-refractivity contribution in [2.45, 2.75) is 6.36 Å². The van der Waals surface area contributed by atoms with Gasteiger partial charge in [-0.05, 0) is 30.3 Å². The monoisotopic (exact) mass is 435 g/mol. The molecule has 0 bridgehead atoms. The highest BCUT2D eigenvalue weighted by Gasteiger charge is 2.32. The molecule has 0 spiro atoms. The standard InChI is InChI=1S/C15H9BrF3NO6/c1-24-14(21)10-6-8(16)2-4-12(10)25-13-5-3-9(26-15(17,18)19)7-11(13)20(22)23/h2-7H,1H3. The number of carbonyl (C=O) groups is 1. The number of halogens is 4. The predicted molar refractivity (Wildman–Crippen MR) is 85.3 cm³/mol.